The fourth-order valence-electron chi connectivity index (χ4n) is 2.19. The van der Waals surface area contributed by atoms with Crippen LogP contribution < -0.4 is 14.9 Å². The standard InChI is InChI=1S/C14H21F2N3O2/c1-18-5-7-19(8-6-18)17-10-11-3-4-12(20-2)13(9-11)21-14(15)16/h3-4,9,14,17H,5-8,10H2,1-2H3. The van der Waals surface area contributed by atoms with Gasteiger partial charge in [-0.15, -0.1) is 0 Å². The van der Waals surface area contributed by atoms with E-state index >= 15 is 0 Å². The monoisotopic (exact) mass is 301 g/mol. The second-order valence-corrected chi connectivity index (χ2v) is 4.99. The molecule has 0 atom stereocenters. The van der Waals surface area contributed by atoms with Gasteiger partial charge in [-0.2, -0.15) is 8.78 Å². The molecule has 0 spiro atoms. The highest BCUT2D eigenvalue weighted by molar-refractivity contribution is 5.42. The number of nitrogens with zero attached hydrogens (tertiary/aromatic N) is 2. The van der Waals surface area contributed by atoms with Gasteiger partial charge in [0.05, 0.1) is 7.11 Å². The van der Waals surface area contributed by atoms with Gasteiger partial charge in [0.15, 0.2) is 11.5 Å². The van der Waals surface area contributed by atoms with Crippen LogP contribution in [0, 0.1) is 0 Å². The summed E-state index contributed by atoms with van der Waals surface area (Å²) < 4.78 is 34.2. The number of alkyl halides is 2. The first-order valence-corrected chi connectivity index (χ1v) is 6.87. The molecule has 1 heterocycles. The Bertz CT molecular complexity index is 452. The highest BCUT2D eigenvalue weighted by Gasteiger charge is 2.14. The minimum atomic E-state index is -2.86. The maximum Gasteiger partial charge on any atom is 0.387 e. The minimum absolute atomic E-state index is 0.0603. The van der Waals surface area contributed by atoms with Crippen molar-refractivity contribution in [2.24, 2.45) is 0 Å². The molecule has 1 aliphatic rings. The lowest BCUT2D eigenvalue weighted by Crippen LogP contribution is -2.50. The number of piperazine rings is 1. The molecule has 1 fully saturated rings. The van der Waals surface area contributed by atoms with Crippen molar-refractivity contribution in [3.8, 4) is 11.5 Å². The molecule has 2 rings (SSSR count). The van der Waals surface area contributed by atoms with Gasteiger partial charge in [0, 0.05) is 32.7 Å². The van der Waals surface area contributed by atoms with Gasteiger partial charge >= 0.3 is 6.61 Å². The zero-order chi connectivity index (χ0) is 15.2. The molecule has 0 unspecified atom stereocenters. The number of hydrogen-bond donors (Lipinski definition) is 1. The Morgan fingerprint density at radius 2 is 1.90 bits per heavy atom. The number of hydrogen-bond acceptors (Lipinski definition) is 5. The first-order chi connectivity index (χ1) is 10.1. The molecule has 1 aromatic carbocycles. The summed E-state index contributed by atoms with van der Waals surface area (Å²) in [7, 11) is 3.52. The van der Waals surface area contributed by atoms with Gasteiger partial charge in [-0.3, -0.25) is 5.43 Å². The van der Waals surface area contributed by atoms with E-state index in [1.54, 1.807) is 12.1 Å². The third kappa shape index (κ3) is 4.80. The normalized spacial score (nSPS) is 17.2. The van der Waals surface area contributed by atoms with E-state index < -0.39 is 6.61 Å². The molecule has 1 saturated heterocycles. The number of rotatable bonds is 6. The number of hydrazine groups is 1. The minimum Gasteiger partial charge on any atom is -0.493 e. The van der Waals surface area contributed by atoms with Crippen LogP contribution >= 0.6 is 0 Å². The summed E-state index contributed by atoms with van der Waals surface area (Å²) in [4.78, 5) is 2.26. The van der Waals surface area contributed by atoms with E-state index in [1.807, 2.05) is 6.07 Å². The van der Waals surface area contributed by atoms with E-state index in [0.29, 0.717) is 12.3 Å². The van der Waals surface area contributed by atoms with Crippen LogP contribution in [-0.2, 0) is 6.54 Å². The van der Waals surface area contributed by atoms with Crippen LogP contribution in [-0.4, -0.2) is 56.9 Å². The summed E-state index contributed by atoms with van der Waals surface area (Å²) in [5.74, 6) is 0.365. The molecule has 0 aliphatic carbocycles. The van der Waals surface area contributed by atoms with Crippen molar-refractivity contribution < 1.29 is 18.3 Å². The Hall–Kier alpha value is -1.44. The average molecular weight is 301 g/mol. The topological polar surface area (TPSA) is 37.0 Å². The van der Waals surface area contributed by atoms with Gasteiger partial charge in [-0.25, -0.2) is 5.01 Å². The average Bonchev–Trinajstić information content (AvgIpc) is 2.46. The predicted octanol–water partition coefficient (Wildman–Crippen LogP) is 1.55. The molecule has 7 heteroatoms. The van der Waals surface area contributed by atoms with Crippen molar-refractivity contribution in [1.82, 2.24) is 15.3 Å². The number of halogens is 2. The van der Waals surface area contributed by atoms with E-state index in [-0.39, 0.29) is 5.75 Å². The fourth-order valence-corrected chi connectivity index (χ4v) is 2.19. The Balaban J connectivity index is 1.93. The number of benzene rings is 1. The molecule has 0 aromatic heterocycles. The smallest absolute Gasteiger partial charge is 0.387 e. The van der Waals surface area contributed by atoms with Crippen molar-refractivity contribution in [2.45, 2.75) is 13.2 Å². The first kappa shape index (κ1) is 15.9. The quantitative estimate of drug-likeness (QED) is 0.863. The van der Waals surface area contributed by atoms with Crippen LogP contribution in [0.1, 0.15) is 5.56 Å². The third-order valence-electron chi connectivity index (χ3n) is 3.45. The second kappa shape index (κ2) is 7.53. The van der Waals surface area contributed by atoms with Gasteiger partial charge in [-0.05, 0) is 24.7 Å². The third-order valence-corrected chi connectivity index (χ3v) is 3.45. The fraction of sp³-hybridized carbons (Fsp3) is 0.571. The lowest BCUT2D eigenvalue weighted by atomic mass is 10.2. The van der Waals surface area contributed by atoms with E-state index in [1.165, 1.54) is 7.11 Å². The summed E-state index contributed by atoms with van der Waals surface area (Å²) in [6, 6.07) is 5.05. The molecule has 118 valence electrons. The lowest BCUT2D eigenvalue weighted by molar-refractivity contribution is -0.0512. The molecule has 1 aliphatic heterocycles. The van der Waals surface area contributed by atoms with Gasteiger partial charge < -0.3 is 14.4 Å². The highest BCUT2D eigenvalue weighted by atomic mass is 19.3. The van der Waals surface area contributed by atoms with Gasteiger partial charge in [0.2, 0.25) is 0 Å². The van der Waals surface area contributed by atoms with Crippen LogP contribution in [0.25, 0.3) is 0 Å². The molecule has 0 radical (unpaired) electrons. The van der Waals surface area contributed by atoms with E-state index in [0.717, 1.165) is 31.7 Å². The summed E-state index contributed by atoms with van der Waals surface area (Å²) in [5.41, 5.74) is 4.17. The first-order valence-electron chi connectivity index (χ1n) is 6.87. The maximum absolute atomic E-state index is 12.4. The molecular weight excluding hydrogens is 280 g/mol. The molecule has 1 N–H and O–H groups in total. The Morgan fingerprint density at radius 1 is 1.19 bits per heavy atom. The Labute approximate surface area is 123 Å². The number of ether oxygens (including phenoxy) is 2. The lowest BCUT2D eigenvalue weighted by Gasteiger charge is -2.32. The van der Waals surface area contributed by atoms with Crippen molar-refractivity contribution in [3.05, 3.63) is 23.8 Å². The Morgan fingerprint density at radius 3 is 2.52 bits per heavy atom. The zero-order valence-corrected chi connectivity index (χ0v) is 12.3. The van der Waals surface area contributed by atoms with E-state index in [9.17, 15) is 8.78 Å². The van der Waals surface area contributed by atoms with E-state index in [4.69, 9.17) is 4.74 Å². The van der Waals surface area contributed by atoms with E-state index in [2.05, 4.69) is 27.1 Å². The van der Waals surface area contributed by atoms with Crippen LogP contribution in [0.5, 0.6) is 11.5 Å². The predicted molar refractivity (Wildman–Crippen MR) is 75.5 cm³/mol. The SMILES string of the molecule is COc1ccc(CNN2CCN(C)CC2)cc1OC(F)F. The van der Waals surface area contributed by atoms with Crippen LogP contribution in [0.3, 0.4) is 0 Å². The molecule has 0 bridgehead atoms. The molecule has 5 nitrogen and oxygen atoms in total. The van der Waals surface area contributed by atoms with Crippen molar-refractivity contribution in [3.63, 3.8) is 0 Å². The molecule has 21 heavy (non-hydrogen) atoms. The highest BCUT2D eigenvalue weighted by Crippen LogP contribution is 2.29. The van der Waals surface area contributed by atoms with Crippen molar-refractivity contribution >= 4 is 0 Å². The Kier molecular flexibility index (Phi) is 5.72. The number of methoxy groups -OCH3 is 1. The van der Waals surface area contributed by atoms with Crippen LogP contribution in [0.15, 0.2) is 18.2 Å². The van der Waals surface area contributed by atoms with Crippen LogP contribution in [0.4, 0.5) is 8.78 Å². The summed E-state index contributed by atoms with van der Waals surface area (Å²) in [5, 5.41) is 2.14. The van der Waals surface area contributed by atoms with Gasteiger partial charge in [0.25, 0.3) is 0 Å². The summed E-state index contributed by atoms with van der Waals surface area (Å²) in [6.45, 7) is 1.60. The summed E-state index contributed by atoms with van der Waals surface area (Å²) in [6.07, 6.45) is 0. The maximum atomic E-state index is 12.4. The second-order valence-electron chi connectivity index (χ2n) is 4.99. The molecule has 0 saturated carbocycles. The van der Waals surface area contributed by atoms with Gasteiger partial charge in [-0.1, -0.05) is 6.07 Å². The van der Waals surface area contributed by atoms with Crippen molar-refractivity contribution in [2.75, 3.05) is 40.3 Å². The van der Waals surface area contributed by atoms with Crippen molar-refractivity contribution in [1.29, 1.82) is 0 Å². The molecule has 0 amide bonds. The van der Waals surface area contributed by atoms with Crippen LogP contribution in [0.2, 0.25) is 0 Å². The van der Waals surface area contributed by atoms with Gasteiger partial charge in [0.1, 0.15) is 0 Å². The molecule has 1 aromatic rings. The number of nitrogens with one attached hydrogen (secondary N) is 1. The largest absolute Gasteiger partial charge is 0.493 e. The summed E-state index contributed by atoms with van der Waals surface area (Å²) >= 11 is 0. The zero-order valence-electron chi connectivity index (χ0n) is 12.3. The number of likely N-dealkylation sites (N-methyl/N-ethyl adjacent to an activating group) is 1. The molecular formula is C14H21F2N3O2.